The van der Waals surface area contributed by atoms with Crippen LogP contribution in [0.2, 0.25) is 0 Å². The van der Waals surface area contributed by atoms with E-state index in [1.807, 2.05) is 0 Å². The minimum Gasteiger partial charge on any atom is -0.368 e. The summed E-state index contributed by atoms with van der Waals surface area (Å²) in [5.41, 5.74) is 5.62. The van der Waals surface area contributed by atoms with Gasteiger partial charge in [-0.25, -0.2) is 0 Å². The lowest BCUT2D eigenvalue weighted by Gasteiger charge is -2.29. The number of nitrogens with two attached hydrogens (primary N) is 1. The van der Waals surface area contributed by atoms with E-state index in [-0.39, 0.29) is 30.0 Å². The molecular weight excluding hydrogens is 228 g/mol. The van der Waals surface area contributed by atoms with Crippen LogP contribution in [0.4, 0.5) is 0 Å². The average Bonchev–Trinajstić information content (AvgIpc) is 2.88. The van der Waals surface area contributed by atoms with Gasteiger partial charge < -0.3 is 15.8 Å². The van der Waals surface area contributed by atoms with Gasteiger partial charge in [-0.2, -0.15) is 0 Å². The first-order chi connectivity index (χ1) is 7.26. The molecule has 94 valence electrons. The predicted molar refractivity (Wildman–Crippen MR) is 64.6 cm³/mol. The third-order valence-corrected chi connectivity index (χ3v) is 3.56. The van der Waals surface area contributed by atoms with Crippen molar-refractivity contribution >= 4 is 18.3 Å². The summed E-state index contributed by atoms with van der Waals surface area (Å²) in [6.45, 7) is 1.26. The molecule has 0 aromatic carbocycles. The molecule has 2 fully saturated rings. The Hall–Kier alpha value is -0.320. The molecule has 16 heavy (non-hydrogen) atoms. The second-order valence-electron chi connectivity index (χ2n) is 4.68. The highest BCUT2D eigenvalue weighted by Gasteiger charge is 2.36. The van der Waals surface area contributed by atoms with Crippen LogP contribution in [0.25, 0.3) is 0 Å². The Morgan fingerprint density at radius 2 is 2.06 bits per heavy atom. The van der Waals surface area contributed by atoms with Crippen LogP contribution in [-0.2, 0) is 9.53 Å². The van der Waals surface area contributed by atoms with Gasteiger partial charge in [-0.1, -0.05) is 12.8 Å². The number of hydrogen-bond acceptors (Lipinski definition) is 3. The van der Waals surface area contributed by atoms with Crippen LogP contribution in [0.3, 0.4) is 0 Å². The van der Waals surface area contributed by atoms with Crippen molar-refractivity contribution in [2.75, 3.05) is 13.2 Å². The van der Waals surface area contributed by atoms with Gasteiger partial charge in [0.2, 0.25) is 5.91 Å². The smallest absolute Gasteiger partial charge is 0.249 e. The summed E-state index contributed by atoms with van der Waals surface area (Å²) in [7, 11) is 0. The quantitative estimate of drug-likeness (QED) is 0.783. The van der Waals surface area contributed by atoms with E-state index in [9.17, 15) is 4.79 Å². The van der Waals surface area contributed by atoms with Crippen LogP contribution in [0.1, 0.15) is 38.5 Å². The highest BCUT2D eigenvalue weighted by Crippen LogP contribution is 2.29. The maximum absolute atomic E-state index is 11.9. The van der Waals surface area contributed by atoms with Gasteiger partial charge in [-0.05, 0) is 25.7 Å². The molecule has 1 atom stereocenters. The Morgan fingerprint density at radius 3 is 2.56 bits per heavy atom. The second kappa shape index (κ2) is 5.84. The SMILES string of the molecule is Cl.NCC1(NC(=O)C2CCCO2)CCCC1. The molecule has 1 aliphatic carbocycles. The lowest BCUT2D eigenvalue weighted by molar-refractivity contribution is -0.132. The van der Waals surface area contributed by atoms with Crippen LogP contribution in [-0.4, -0.2) is 30.7 Å². The molecule has 5 heteroatoms. The number of carbonyl (C=O) groups is 1. The molecule has 3 N–H and O–H groups in total. The minimum absolute atomic E-state index is 0. The van der Waals surface area contributed by atoms with E-state index in [4.69, 9.17) is 10.5 Å². The van der Waals surface area contributed by atoms with Gasteiger partial charge in [-0.15, -0.1) is 12.4 Å². The molecule has 2 aliphatic rings. The Labute approximate surface area is 103 Å². The molecule has 1 saturated heterocycles. The van der Waals surface area contributed by atoms with Crippen molar-refractivity contribution in [2.24, 2.45) is 5.73 Å². The monoisotopic (exact) mass is 248 g/mol. The van der Waals surface area contributed by atoms with Gasteiger partial charge in [0.05, 0.1) is 5.54 Å². The van der Waals surface area contributed by atoms with Gasteiger partial charge in [0, 0.05) is 13.2 Å². The Morgan fingerprint density at radius 1 is 1.38 bits per heavy atom. The summed E-state index contributed by atoms with van der Waals surface area (Å²) in [4.78, 5) is 11.9. The van der Waals surface area contributed by atoms with Crippen LogP contribution in [0.15, 0.2) is 0 Å². The number of amides is 1. The number of carbonyl (C=O) groups excluding carboxylic acids is 1. The zero-order valence-electron chi connectivity index (χ0n) is 9.54. The van der Waals surface area contributed by atoms with Crippen molar-refractivity contribution in [3.05, 3.63) is 0 Å². The predicted octanol–water partition coefficient (Wildman–Crippen LogP) is 0.975. The van der Waals surface area contributed by atoms with Gasteiger partial charge in [0.25, 0.3) is 0 Å². The highest BCUT2D eigenvalue weighted by molar-refractivity contribution is 5.85. The van der Waals surface area contributed by atoms with Crippen LogP contribution >= 0.6 is 12.4 Å². The lowest BCUT2D eigenvalue weighted by atomic mass is 9.97. The van der Waals surface area contributed by atoms with E-state index in [0.717, 1.165) is 25.7 Å². The first-order valence-corrected chi connectivity index (χ1v) is 5.89. The fourth-order valence-corrected chi connectivity index (χ4v) is 2.56. The van der Waals surface area contributed by atoms with Crippen molar-refractivity contribution in [3.63, 3.8) is 0 Å². The fraction of sp³-hybridized carbons (Fsp3) is 0.909. The first-order valence-electron chi connectivity index (χ1n) is 5.89. The van der Waals surface area contributed by atoms with E-state index in [1.165, 1.54) is 12.8 Å². The van der Waals surface area contributed by atoms with Crippen LogP contribution in [0.5, 0.6) is 0 Å². The maximum Gasteiger partial charge on any atom is 0.249 e. The number of rotatable bonds is 3. The molecule has 0 radical (unpaired) electrons. The topological polar surface area (TPSA) is 64.3 Å². The van der Waals surface area contributed by atoms with Gasteiger partial charge in [0.1, 0.15) is 6.10 Å². The van der Waals surface area contributed by atoms with E-state index in [2.05, 4.69) is 5.32 Å². The molecule has 0 bridgehead atoms. The summed E-state index contributed by atoms with van der Waals surface area (Å²) < 4.78 is 5.36. The van der Waals surface area contributed by atoms with Crippen molar-refractivity contribution in [3.8, 4) is 0 Å². The first kappa shape index (κ1) is 13.7. The molecule has 1 aliphatic heterocycles. The normalized spacial score (nSPS) is 27.4. The molecule has 0 spiro atoms. The van der Waals surface area contributed by atoms with E-state index >= 15 is 0 Å². The summed E-state index contributed by atoms with van der Waals surface area (Å²) in [5, 5.41) is 3.10. The Kier molecular flexibility index (Phi) is 5.02. The minimum atomic E-state index is -0.228. The molecule has 0 aromatic rings. The molecule has 0 aromatic heterocycles. The molecule has 1 amide bonds. The Balaban J connectivity index is 0.00000128. The zero-order valence-corrected chi connectivity index (χ0v) is 10.4. The highest BCUT2D eigenvalue weighted by atomic mass is 35.5. The third kappa shape index (κ3) is 2.87. The summed E-state index contributed by atoms with van der Waals surface area (Å²) in [5.74, 6) is 0.0415. The molecule has 1 heterocycles. The molecule has 4 nitrogen and oxygen atoms in total. The molecule has 1 unspecified atom stereocenters. The second-order valence-corrected chi connectivity index (χ2v) is 4.68. The van der Waals surface area contributed by atoms with Crippen molar-refractivity contribution < 1.29 is 9.53 Å². The fourth-order valence-electron chi connectivity index (χ4n) is 2.56. The van der Waals surface area contributed by atoms with Crippen molar-refractivity contribution in [1.29, 1.82) is 0 Å². The van der Waals surface area contributed by atoms with E-state index in [0.29, 0.717) is 13.2 Å². The number of halogens is 1. The van der Waals surface area contributed by atoms with Gasteiger partial charge in [-0.3, -0.25) is 4.79 Å². The number of nitrogens with one attached hydrogen (secondary N) is 1. The number of ether oxygens (including phenoxy) is 1. The van der Waals surface area contributed by atoms with Gasteiger partial charge >= 0.3 is 0 Å². The van der Waals surface area contributed by atoms with Crippen LogP contribution in [0, 0.1) is 0 Å². The number of hydrogen-bond donors (Lipinski definition) is 2. The van der Waals surface area contributed by atoms with Crippen molar-refractivity contribution in [1.82, 2.24) is 5.32 Å². The lowest BCUT2D eigenvalue weighted by Crippen LogP contribution is -2.54. The summed E-state index contributed by atoms with van der Waals surface area (Å²) >= 11 is 0. The molecule has 1 saturated carbocycles. The summed E-state index contributed by atoms with van der Waals surface area (Å²) in [6.07, 6.45) is 5.99. The van der Waals surface area contributed by atoms with Crippen LogP contribution < -0.4 is 11.1 Å². The van der Waals surface area contributed by atoms with Gasteiger partial charge in [0.15, 0.2) is 0 Å². The largest absolute Gasteiger partial charge is 0.368 e. The molecular formula is C11H21ClN2O2. The molecule has 2 rings (SSSR count). The van der Waals surface area contributed by atoms with Crippen molar-refractivity contribution in [2.45, 2.75) is 50.2 Å². The van der Waals surface area contributed by atoms with E-state index < -0.39 is 0 Å². The Bertz CT molecular complexity index is 236. The third-order valence-electron chi connectivity index (χ3n) is 3.56. The average molecular weight is 249 g/mol. The maximum atomic E-state index is 11.9. The standard InChI is InChI=1S/C11H20N2O2.ClH/c12-8-11(5-1-2-6-11)13-10(14)9-4-3-7-15-9;/h9H,1-8,12H2,(H,13,14);1H. The summed E-state index contributed by atoms with van der Waals surface area (Å²) in [6, 6.07) is 0. The zero-order chi connectivity index (χ0) is 10.7. The van der Waals surface area contributed by atoms with E-state index in [1.54, 1.807) is 0 Å².